The van der Waals surface area contributed by atoms with Gasteiger partial charge in [0.15, 0.2) is 0 Å². The lowest BCUT2D eigenvalue weighted by atomic mass is 9.74. The van der Waals surface area contributed by atoms with Gasteiger partial charge in [0.25, 0.3) is 0 Å². The second kappa shape index (κ2) is 5.58. The molecule has 0 saturated carbocycles. The van der Waals surface area contributed by atoms with Gasteiger partial charge in [-0.2, -0.15) is 57.1 Å². The first-order chi connectivity index (χ1) is 9.31. The fourth-order valence-corrected chi connectivity index (χ4v) is 2.14. The van der Waals surface area contributed by atoms with Crippen LogP contribution in [0.15, 0.2) is 0 Å². The molecule has 0 radical (unpaired) electrons. The van der Waals surface area contributed by atoms with E-state index in [0.717, 1.165) is 0 Å². The number of hydrogen-bond donors (Lipinski definition) is 0. The maximum Gasteiger partial charge on any atom is 0.459 e. The summed E-state index contributed by atoms with van der Waals surface area (Å²) in [6.07, 6.45) is -24.4. The number of halogens is 14. The van der Waals surface area contributed by atoms with E-state index in [1.807, 2.05) is 15.9 Å². The van der Waals surface area contributed by atoms with Crippen molar-refractivity contribution in [3.8, 4) is 0 Å². The van der Waals surface area contributed by atoms with E-state index in [-0.39, 0.29) is 0 Å². The van der Waals surface area contributed by atoms with Crippen molar-refractivity contribution in [2.24, 2.45) is 5.41 Å². The molecule has 14 heteroatoms. The fourth-order valence-electron chi connectivity index (χ4n) is 1.54. The molecule has 0 nitrogen and oxygen atoms in total. The number of rotatable bonds is 4. The van der Waals surface area contributed by atoms with E-state index < -0.39 is 47.5 Å². The van der Waals surface area contributed by atoms with Gasteiger partial charge >= 0.3 is 30.4 Å². The lowest BCUT2D eigenvalue weighted by Crippen LogP contribution is -2.70. The zero-order valence-corrected chi connectivity index (χ0v) is 11.3. The molecule has 0 unspecified atom stereocenters. The summed E-state index contributed by atoms with van der Waals surface area (Å²) < 4.78 is 163. The molecule has 0 bridgehead atoms. The van der Waals surface area contributed by atoms with Crippen LogP contribution in [0.1, 0.15) is 6.42 Å². The molecule has 0 heterocycles. The summed E-state index contributed by atoms with van der Waals surface area (Å²) in [6, 6.07) is 0. The predicted octanol–water partition coefficient (Wildman–Crippen LogP) is 5.72. The van der Waals surface area contributed by atoms with Gasteiger partial charge in [0.2, 0.25) is 5.41 Å². The number of alkyl halides is 14. The third kappa shape index (κ3) is 2.86. The molecule has 0 saturated heterocycles. The Labute approximate surface area is 121 Å². The summed E-state index contributed by atoms with van der Waals surface area (Å²) in [5.74, 6) is -15.1. The van der Waals surface area contributed by atoms with E-state index in [2.05, 4.69) is 0 Å². The van der Waals surface area contributed by atoms with E-state index in [0.29, 0.717) is 0 Å². The van der Waals surface area contributed by atoms with Crippen LogP contribution >= 0.6 is 15.9 Å². The maximum atomic E-state index is 13.3. The van der Waals surface area contributed by atoms with Crippen molar-refractivity contribution in [2.75, 3.05) is 5.33 Å². The van der Waals surface area contributed by atoms with Crippen molar-refractivity contribution < 1.29 is 57.1 Å². The Morgan fingerprint density at radius 3 is 1.00 bits per heavy atom. The molecule has 0 aromatic rings. The third-order valence-electron chi connectivity index (χ3n) is 2.72. The normalized spacial score (nSPS) is 16.1. The minimum atomic E-state index is -7.56. The first-order valence-corrected chi connectivity index (χ1v) is 5.95. The molecular formula is C8H4BrF13. The van der Waals surface area contributed by atoms with E-state index in [1.54, 1.807) is 0 Å². The first kappa shape index (κ1) is 21.6. The molecule has 0 aliphatic heterocycles. The summed E-state index contributed by atoms with van der Waals surface area (Å²) in [7, 11) is 0. The standard InChI is InChI=1S/C8H4BrF13/c9-2-1-3(6(14,15)16,7(17,18)19)4(10,11)5(12,13)8(20,21)22/h1-2H2. The quantitative estimate of drug-likeness (QED) is 0.398. The van der Waals surface area contributed by atoms with Crippen LogP contribution in [0.4, 0.5) is 57.1 Å². The van der Waals surface area contributed by atoms with Crippen LogP contribution in [-0.2, 0) is 0 Å². The Balaban J connectivity index is 6.69. The second-order valence-corrected chi connectivity index (χ2v) is 4.78. The van der Waals surface area contributed by atoms with Crippen molar-refractivity contribution >= 4 is 15.9 Å². The maximum absolute atomic E-state index is 13.3. The van der Waals surface area contributed by atoms with E-state index in [1.165, 1.54) is 0 Å². The van der Waals surface area contributed by atoms with Gasteiger partial charge in [-0.15, -0.1) is 0 Å². The second-order valence-electron chi connectivity index (χ2n) is 3.99. The van der Waals surface area contributed by atoms with E-state index in [4.69, 9.17) is 0 Å². The predicted molar refractivity (Wildman–Crippen MR) is 48.9 cm³/mol. The molecule has 0 fully saturated rings. The van der Waals surface area contributed by atoms with Crippen LogP contribution in [0.25, 0.3) is 0 Å². The third-order valence-corrected chi connectivity index (χ3v) is 3.12. The van der Waals surface area contributed by atoms with Crippen molar-refractivity contribution in [1.29, 1.82) is 0 Å². The van der Waals surface area contributed by atoms with Gasteiger partial charge in [-0.25, -0.2) is 0 Å². The smallest absolute Gasteiger partial charge is 0.198 e. The van der Waals surface area contributed by atoms with E-state index in [9.17, 15) is 57.1 Å². The van der Waals surface area contributed by atoms with Crippen LogP contribution < -0.4 is 0 Å². The molecule has 0 spiro atoms. The molecule has 0 N–H and O–H groups in total. The molecule has 0 aliphatic carbocycles. The summed E-state index contributed by atoms with van der Waals surface area (Å²) >= 11 is 1.92. The van der Waals surface area contributed by atoms with Gasteiger partial charge in [-0.05, 0) is 6.42 Å². The Morgan fingerprint density at radius 1 is 0.500 bits per heavy atom. The number of hydrogen-bond acceptors (Lipinski definition) is 0. The molecule has 0 atom stereocenters. The topological polar surface area (TPSA) is 0 Å². The van der Waals surface area contributed by atoms with Crippen LogP contribution in [0.5, 0.6) is 0 Å². The molecule has 134 valence electrons. The van der Waals surface area contributed by atoms with Crippen LogP contribution in [0.3, 0.4) is 0 Å². The molecule has 0 amide bonds. The van der Waals surface area contributed by atoms with Crippen molar-refractivity contribution in [3.63, 3.8) is 0 Å². The highest BCUT2D eigenvalue weighted by Gasteiger charge is 2.91. The van der Waals surface area contributed by atoms with Crippen LogP contribution in [-0.4, -0.2) is 35.7 Å². The highest BCUT2D eigenvalue weighted by atomic mass is 79.9. The average Bonchev–Trinajstić information content (AvgIpc) is 2.19. The van der Waals surface area contributed by atoms with Crippen LogP contribution in [0, 0.1) is 5.41 Å². The van der Waals surface area contributed by atoms with Gasteiger partial charge in [0.05, 0.1) is 0 Å². The molecule has 0 aromatic carbocycles. The minimum Gasteiger partial charge on any atom is -0.198 e. The Morgan fingerprint density at radius 2 is 0.818 bits per heavy atom. The SMILES string of the molecule is FC(F)(F)C(F)(F)C(F)(F)C(CCBr)(C(F)(F)F)C(F)(F)F. The van der Waals surface area contributed by atoms with Crippen molar-refractivity contribution in [3.05, 3.63) is 0 Å². The largest absolute Gasteiger partial charge is 0.459 e. The fraction of sp³-hybridized carbons (Fsp3) is 1.00. The Bertz CT molecular complexity index is 372. The Kier molecular flexibility index (Phi) is 5.47. The molecule has 22 heavy (non-hydrogen) atoms. The molecule has 0 rings (SSSR count). The molecule has 0 aliphatic rings. The van der Waals surface area contributed by atoms with E-state index >= 15 is 0 Å². The van der Waals surface area contributed by atoms with Gasteiger partial charge in [-0.3, -0.25) is 0 Å². The summed E-state index contributed by atoms with van der Waals surface area (Å²) in [5, 5.41) is -1.56. The summed E-state index contributed by atoms with van der Waals surface area (Å²) in [4.78, 5) is 0. The van der Waals surface area contributed by atoms with Gasteiger partial charge < -0.3 is 0 Å². The molecule has 0 aromatic heterocycles. The van der Waals surface area contributed by atoms with Gasteiger partial charge in [0, 0.05) is 5.33 Å². The Hall–Kier alpha value is -0.430. The lowest BCUT2D eigenvalue weighted by molar-refractivity contribution is -0.460. The monoisotopic (exact) mass is 426 g/mol. The summed E-state index contributed by atoms with van der Waals surface area (Å²) in [5.41, 5.74) is -6.59. The zero-order chi connectivity index (χ0) is 18.4. The van der Waals surface area contributed by atoms with Crippen molar-refractivity contribution in [2.45, 2.75) is 36.8 Å². The average molecular weight is 427 g/mol. The van der Waals surface area contributed by atoms with Crippen LogP contribution in [0.2, 0.25) is 0 Å². The van der Waals surface area contributed by atoms with Crippen molar-refractivity contribution in [1.82, 2.24) is 0 Å². The lowest BCUT2D eigenvalue weighted by Gasteiger charge is -2.45. The first-order valence-electron chi connectivity index (χ1n) is 4.83. The molecular weight excluding hydrogens is 423 g/mol. The highest BCUT2D eigenvalue weighted by molar-refractivity contribution is 9.09. The van der Waals surface area contributed by atoms with Gasteiger partial charge in [-0.1, -0.05) is 15.9 Å². The van der Waals surface area contributed by atoms with Gasteiger partial charge in [0.1, 0.15) is 0 Å². The highest BCUT2D eigenvalue weighted by Crippen LogP contribution is 2.66. The minimum absolute atomic E-state index is 1.56. The zero-order valence-electron chi connectivity index (χ0n) is 9.71. The summed E-state index contributed by atoms with van der Waals surface area (Å²) in [6.45, 7) is 0.